The van der Waals surface area contributed by atoms with Crippen LogP contribution in [0.3, 0.4) is 0 Å². The average molecular weight is 304 g/mol. The number of nitrogens with zero attached hydrogens (tertiary/aromatic N) is 2. The molecule has 0 amide bonds. The molecule has 3 heteroatoms. The Kier molecular flexibility index (Phi) is 2.78. The fourth-order valence-electron chi connectivity index (χ4n) is 4.29. The summed E-state index contributed by atoms with van der Waals surface area (Å²) < 4.78 is 6.50. The van der Waals surface area contributed by atoms with Gasteiger partial charge in [-0.2, -0.15) is 5.10 Å². The molecule has 116 valence electrons. The van der Waals surface area contributed by atoms with Gasteiger partial charge in [-0.25, -0.2) is 5.01 Å². The second-order valence-corrected chi connectivity index (χ2v) is 6.77. The number of hydrogen-bond acceptors (Lipinski definition) is 3. The maximum Gasteiger partial charge on any atom is 0.198 e. The van der Waals surface area contributed by atoms with Gasteiger partial charge in [0.05, 0.1) is 11.8 Å². The van der Waals surface area contributed by atoms with E-state index in [0.717, 1.165) is 25.0 Å². The summed E-state index contributed by atoms with van der Waals surface area (Å²) in [5.41, 5.74) is 3.46. The minimum atomic E-state index is -0.227. The van der Waals surface area contributed by atoms with Gasteiger partial charge >= 0.3 is 0 Å². The second kappa shape index (κ2) is 4.85. The van der Waals surface area contributed by atoms with Gasteiger partial charge in [0, 0.05) is 24.8 Å². The molecule has 0 aromatic heterocycles. The van der Waals surface area contributed by atoms with E-state index in [0.29, 0.717) is 6.04 Å². The van der Waals surface area contributed by atoms with Crippen LogP contribution in [-0.4, -0.2) is 16.4 Å². The Morgan fingerprint density at radius 1 is 0.957 bits per heavy atom. The van der Waals surface area contributed by atoms with E-state index in [9.17, 15) is 0 Å². The van der Waals surface area contributed by atoms with Crippen LogP contribution in [0.1, 0.15) is 49.3 Å². The van der Waals surface area contributed by atoms with Crippen molar-refractivity contribution in [2.24, 2.45) is 5.10 Å². The third-order valence-electron chi connectivity index (χ3n) is 5.40. The van der Waals surface area contributed by atoms with Crippen LogP contribution in [0.5, 0.6) is 5.75 Å². The minimum Gasteiger partial charge on any atom is -0.466 e. The molecule has 2 aliphatic heterocycles. The lowest BCUT2D eigenvalue weighted by Crippen LogP contribution is -2.51. The molecular formula is C20H20N2O. The van der Waals surface area contributed by atoms with Crippen LogP contribution < -0.4 is 4.74 Å². The van der Waals surface area contributed by atoms with E-state index in [4.69, 9.17) is 9.84 Å². The summed E-state index contributed by atoms with van der Waals surface area (Å²) in [5.74, 6) is 1.06. The van der Waals surface area contributed by atoms with Crippen molar-refractivity contribution in [2.45, 2.75) is 43.9 Å². The monoisotopic (exact) mass is 304 g/mol. The van der Waals surface area contributed by atoms with Crippen molar-refractivity contribution in [1.29, 1.82) is 0 Å². The predicted molar refractivity (Wildman–Crippen MR) is 90.4 cm³/mol. The molecule has 1 atom stereocenters. The zero-order valence-electron chi connectivity index (χ0n) is 13.1. The zero-order valence-corrected chi connectivity index (χ0v) is 13.1. The van der Waals surface area contributed by atoms with E-state index in [-0.39, 0.29) is 5.72 Å². The highest BCUT2D eigenvalue weighted by molar-refractivity contribution is 6.01. The smallest absolute Gasteiger partial charge is 0.198 e. The summed E-state index contributed by atoms with van der Waals surface area (Å²) in [6.07, 6.45) is 5.56. The molecule has 2 aromatic carbocycles. The molecular weight excluding hydrogens is 284 g/mol. The van der Waals surface area contributed by atoms with Crippen LogP contribution >= 0.6 is 0 Å². The Bertz CT molecular complexity index is 762. The van der Waals surface area contributed by atoms with Gasteiger partial charge < -0.3 is 4.74 Å². The van der Waals surface area contributed by atoms with Crippen LogP contribution in [0, 0.1) is 0 Å². The third kappa shape index (κ3) is 1.92. The number of hydrogen-bond donors (Lipinski definition) is 0. The fraction of sp³-hybridized carbons (Fsp3) is 0.350. The lowest BCUT2D eigenvalue weighted by atomic mass is 9.94. The number of fused-ring (bicyclic) bond motifs is 4. The number of benzene rings is 2. The summed E-state index contributed by atoms with van der Waals surface area (Å²) in [6, 6.07) is 19.4. The Hall–Kier alpha value is -2.29. The number of hydrazone groups is 1. The van der Waals surface area contributed by atoms with Crippen molar-refractivity contribution in [3.63, 3.8) is 0 Å². The molecule has 0 N–H and O–H groups in total. The standard InChI is InChI=1S/C20H20N2O/c1-2-8-15(9-3-1)17-14-18-16-10-4-5-11-19(16)23-20(22(18)21-17)12-6-7-13-20/h1-5,8-11,18H,6-7,12-14H2/t18-/m1/s1. The molecule has 0 bridgehead atoms. The molecule has 5 rings (SSSR count). The van der Waals surface area contributed by atoms with E-state index < -0.39 is 0 Å². The molecule has 23 heavy (non-hydrogen) atoms. The highest BCUT2D eigenvalue weighted by Crippen LogP contribution is 2.51. The molecule has 1 fully saturated rings. The molecule has 1 saturated carbocycles. The largest absolute Gasteiger partial charge is 0.466 e. The first kappa shape index (κ1) is 13.2. The maximum atomic E-state index is 6.50. The van der Waals surface area contributed by atoms with Gasteiger partial charge in [0.1, 0.15) is 5.75 Å². The Labute approximate surface area is 136 Å². The van der Waals surface area contributed by atoms with Crippen LogP contribution in [-0.2, 0) is 0 Å². The SMILES string of the molecule is c1ccc(C2=NN3[C@H](C2)c2ccccc2OC32CCCC2)cc1. The first-order valence-corrected chi connectivity index (χ1v) is 8.56. The van der Waals surface area contributed by atoms with Gasteiger partial charge in [-0.05, 0) is 24.5 Å². The first-order chi connectivity index (χ1) is 11.4. The van der Waals surface area contributed by atoms with Crippen molar-refractivity contribution in [1.82, 2.24) is 5.01 Å². The third-order valence-corrected chi connectivity index (χ3v) is 5.40. The summed E-state index contributed by atoms with van der Waals surface area (Å²) in [7, 11) is 0. The summed E-state index contributed by atoms with van der Waals surface area (Å²) >= 11 is 0. The number of rotatable bonds is 1. The normalized spacial score (nSPS) is 24.1. The maximum absolute atomic E-state index is 6.50. The molecule has 1 spiro atoms. The van der Waals surface area contributed by atoms with Gasteiger partial charge in [-0.1, -0.05) is 48.5 Å². The van der Waals surface area contributed by atoms with Crippen molar-refractivity contribution < 1.29 is 4.74 Å². The highest BCUT2D eigenvalue weighted by atomic mass is 16.5. The predicted octanol–water partition coefficient (Wildman–Crippen LogP) is 4.50. The van der Waals surface area contributed by atoms with Crippen molar-refractivity contribution in [2.75, 3.05) is 0 Å². The lowest BCUT2D eigenvalue weighted by Gasteiger charge is -2.45. The fourth-order valence-corrected chi connectivity index (χ4v) is 4.29. The molecule has 3 aliphatic rings. The minimum absolute atomic E-state index is 0.227. The molecule has 1 aliphatic carbocycles. The molecule has 3 nitrogen and oxygen atoms in total. The Balaban J connectivity index is 1.62. The second-order valence-electron chi connectivity index (χ2n) is 6.77. The molecule has 2 heterocycles. The van der Waals surface area contributed by atoms with Crippen molar-refractivity contribution in [3.05, 3.63) is 65.7 Å². The topological polar surface area (TPSA) is 24.8 Å². The average Bonchev–Trinajstić information content (AvgIpc) is 3.24. The van der Waals surface area contributed by atoms with E-state index in [1.807, 2.05) is 0 Å². The van der Waals surface area contributed by atoms with Crippen LogP contribution in [0.2, 0.25) is 0 Å². The van der Waals surface area contributed by atoms with Gasteiger partial charge in [0.15, 0.2) is 5.72 Å². The summed E-state index contributed by atoms with van der Waals surface area (Å²) in [5, 5.41) is 7.32. The summed E-state index contributed by atoms with van der Waals surface area (Å²) in [4.78, 5) is 0. The zero-order chi connectivity index (χ0) is 15.3. The van der Waals surface area contributed by atoms with Gasteiger partial charge in [-0.3, -0.25) is 0 Å². The highest BCUT2D eigenvalue weighted by Gasteiger charge is 2.51. The van der Waals surface area contributed by atoms with E-state index >= 15 is 0 Å². The molecule has 2 aromatic rings. The number of ether oxygens (including phenoxy) is 1. The van der Waals surface area contributed by atoms with E-state index in [2.05, 4.69) is 59.6 Å². The van der Waals surface area contributed by atoms with Crippen LogP contribution in [0.25, 0.3) is 0 Å². The Morgan fingerprint density at radius 3 is 2.52 bits per heavy atom. The van der Waals surface area contributed by atoms with Gasteiger partial charge in [0.2, 0.25) is 0 Å². The van der Waals surface area contributed by atoms with E-state index in [1.54, 1.807) is 0 Å². The first-order valence-electron chi connectivity index (χ1n) is 8.56. The number of para-hydroxylation sites is 1. The quantitative estimate of drug-likeness (QED) is 0.775. The van der Waals surface area contributed by atoms with Crippen LogP contribution in [0.4, 0.5) is 0 Å². The lowest BCUT2D eigenvalue weighted by molar-refractivity contribution is -0.114. The van der Waals surface area contributed by atoms with Crippen molar-refractivity contribution in [3.8, 4) is 5.75 Å². The summed E-state index contributed by atoms with van der Waals surface area (Å²) in [6.45, 7) is 0. The Morgan fingerprint density at radius 2 is 1.70 bits per heavy atom. The van der Waals surface area contributed by atoms with Crippen molar-refractivity contribution >= 4 is 5.71 Å². The molecule has 0 radical (unpaired) electrons. The van der Waals surface area contributed by atoms with E-state index in [1.165, 1.54) is 29.7 Å². The molecule has 0 saturated heterocycles. The van der Waals surface area contributed by atoms with Gasteiger partial charge in [-0.15, -0.1) is 0 Å². The molecule has 0 unspecified atom stereocenters. The van der Waals surface area contributed by atoms with Gasteiger partial charge in [0.25, 0.3) is 0 Å². The van der Waals surface area contributed by atoms with Crippen LogP contribution in [0.15, 0.2) is 59.7 Å².